The summed E-state index contributed by atoms with van der Waals surface area (Å²) in [4.78, 5) is 17.0. The third-order valence-corrected chi connectivity index (χ3v) is 8.28. The summed E-state index contributed by atoms with van der Waals surface area (Å²) in [7, 11) is -3.44. The van der Waals surface area contributed by atoms with Crippen LogP contribution in [0.5, 0.6) is 5.75 Å². The van der Waals surface area contributed by atoms with Crippen molar-refractivity contribution < 1.29 is 17.5 Å². The first-order chi connectivity index (χ1) is 21.3. The van der Waals surface area contributed by atoms with Crippen LogP contribution in [0.3, 0.4) is 0 Å². The molecule has 4 N–H and O–H groups in total. The Morgan fingerprint density at radius 3 is 2.73 bits per heavy atom. The van der Waals surface area contributed by atoms with Crippen molar-refractivity contribution in [2.24, 2.45) is 0 Å². The number of halogens is 1. The smallest absolute Gasteiger partial charge is 0.209 e. The number of pyridine rings is 2. The Morgan fingerprint density at radius 1 is 1.02 bits per heavy atom. The first kappa shape index (κ1) is 28.1. The van der Waals surface area contributed by atoms with E-state index in [0.717, 1.165) is 60.0 Å². The quantitative estimate of drug-likeness (QED) is 0.196. The Morgan fingerprint density at radius 2 is 1.89 bits per heavy atom. The van der Waals surface area contributed by atoms with Crippen LogP contribution in [0.15, 0.2) is 67.1 Å². The number of benzene rings is 2. The van der Waals surface area contributed by atoms with Crippen molar-refractivity contribution in [3.05, 3.63) is 78.5 Å². The highest BCUT2D eigenvalue weighted by Gasteiger charge is 2.18. The Labute approximate surface area is 252 Å². The van der Waals surface area contributed by atoms with Crippen molar-refractivity contribution in [2.45, 2.75) is 25.5 Å². The van der Waals surface area contributed by atoms with Crippen molar-refractivity contribution in [1.82, 2.24) is 40.2 Å². The van der Waals surface area contributed by atoms with Crippen molar-refractivity contribution >= 4 is 32.1 Å². The molecular weight excluding hydrogens is 583 g/mol. The molecule has 13 heteroatoms. The number of imidazole rings is 1. The van der Waals surface area contributed by atoms with Crippen LogP contribution in [0.4, 0.5) is 4.39 Å². The second kappa shape index (κ2) is 11.4. The van der Waals surface area contributed by atoms with E-state index in [1.54, 1.807) is 24.5 Å². The predicted octanol–water partition coefficient (Wildman–Crippen LogP) is 4.55. The molecule has 0 amide bonds. The molecule has 2 aromatic carbocycles. The zero-order valence-electron chi connectivity index (χ0n) is 23.8. The molecule has 0 spiro atoms. The number of aromatic amines is 2. The highest BCUT2D eigenvalue weighted by molar-refractivity contribution is 7.88. The van der Waals surface area contributed by atoms with Crippen LogP contribution >= 0.6 is 0 Å². The number of rotatable bonds is 8. The lowest BCUT2D eigenvalue weighted by molar-refractivity contribution is 0.162. The van der Waals surface area contributed by atoms with Gasteiger partial charge in [0, 0.05) is 35.5 Å². The highest BCUT2D eigenvalue weighted by atomic mass is 32.2. The summed E-state index contributed by atoms with van der Waals surface area (Å²) in [6.45, 7) is 1.86. The second-order valence-corrected chi connectivity index (χ2v) is 12.7. The SMILES string of the molecule is CS(=O)(=O)NCc1cc(F)cc(-c2ccnc3[nH]c(-c4n[nH]c5ccc(-c6cncc(OC7CCNCC7)c6)cc45)nc23)c1. The van der Waals surface area contributed by atoms with E-state index in [2.05, 4.69) is 35.2 Å². The van der Waals surface area contributed by atoms with Crippen LogP contribution in [0.1, 0.15) is 18.4 Å². The van der Waals surface area contributed by atoms with Crippen LogP contribution in [-0.4, -0.2) is 64.0 Å². The summed E-state index contributed by atoms with van der Waals surface area (Å²) in [5.41, 5.74) is 6.05. The number of H-pyrrole nitrogens is 2. The van der Waals surface area contributed by atoms with Gasteiger partial charge in [-0.2, -0.15) is 5.10 Å². The van der Waals surface area contributed by atoms with Gasteiger partial charge in [-0.3, -0.25) is 10.1 Å². The zero-order chi connectivity index (χ0) is 30.3. The molecule has 6 aromatic rings. The highest BCUT2D eigenvalue weighted by Crippen LogP contribution is 2.34. The van der Waals surface area contributed by atoms with Gasteiger partial charge in [-0.15, -0.1) is 0 Å². The maximum atomic E-state index is 14.6. The molecule has 1 saturated heterocycles. The van der Waals surface area contributed by atoms with E-state index in [4.69, 9.17) is 9.72 Å². The van der Waals surface area contributed by atoms with Gasteiger partial charge in [0.2, 0.25) is 10.0 Å². The average Bonchev–Trinajstić information content (AvgIpc) is 3.64. The maximum Gasteiger partial charge on any atom is 0.209 e. The van der Waals surface area contributed by atoms with Crippen molar-refractivity contribution in [3.63, 3.8) is 0 Å². The van der Waals surface area contributed by atoms with Gasteiger partial charge in [0.15, 0.2) is 11.5 Å². The van der Waals surface area contributed by atoms with E-state index < -0.39 is 15.8 Å². The summed E-state index contributed by atoms with van der Waals surface area (Å²) < 4.78 is 46.4. The van der Waals surface area contributed by atoms with Crippen LogP contribution in [0.2, 0.25) is 0 Å². The molecule has 4 aromatic heterocycles. The lowest BCUT2D eigenvalue weighted by Crippen LogP contribution is -2.34. The van der Waals surface area contributed by atoms with Gasteiger partial charge >= 0.3 is 0 Å². The summed E-state index contributed by atoms with van der Waals surface area (Å²) in [6, 6.07) is 14.2. The summed E-state index contributed by atoms with van der Waals surface area (Å²) >= 11 is 0. The van der Waals surface area contributed by atoms with Gasteiger partial charge in [0.1, 0.15) is 28.9 Å². The predicted molar refractivity (Wildman–Crippen MR) is 166 cm³/mol. The van der Waals surface area contributed by atoms with Gasteiger partial charge in [-0.25, -0.2) is 27.5 Å². The molecule has 44 heavy (non-hydrogen) atoms. The Balaban J connectivity index is 1.23. The normalized spacial score (nSPS) is 14.4. The lowest BCUT2D eigenvalue weighted by atomic mass is 10.0. The number of nitrogens with zero attached hydrogens (tertiary/aromatic N) is 4. The van der Waals surface area contributed by atoms with Gasteiger partial charge in [0.05, 0.1) is 18.0 Å². The van der Waals surface area contributed by atoms with E-state index in [0.29, 0.717) is 39.4 Å². The minimum absolute atomic E-state index is 0.0339. The molecule has 7 rings (SSSR count). The topological polar surface area (TPSA) is 151 Å². The Bertz CT molecular complexity index is 2100. The number of hydrogen-bond acceptors (Lipinski definition) is 8. The molecular formula is C31H29FN8O3S. The fourth-order valence-electron chi connectivity index (χ4n) is 5.50. The third-order valence-electron chi connectivity index (χ3n) is 7.61. The number of fused-ring (bicyclic) bond motifs is 2. The summed E-state index contributed by atoms with van der Waals surface area (Å²) in [5, 5.41) is 11.8. The monoisotopic (exact) mass is 612 g/mol. The van der Waals surface area contributed by atoms with Crippen LogP contribution in [-0.2, 0) is 16.6 Å². The molecule has 224 valence electrons. The molecule has 11 nitrogen and oxygen atoms in total. The number of nitrogens with one attached hydrogen (secondary N) is 4. The van der Waals surface area contributed by atoms with E-state index in [1.807, 2.05) is 30.5 Å². The number of aromatic nitrogens is 6. The molecule has 0 aliphatic carbocycles. The number of piperidine rings is 1. The fourth-order valence-corrected chi connectivity index (χ4v) is 5.93. The molecule has 0 saturated carbocycles. The van der Waals surface area contributed by atoms with Crippen LogP contribution < -0.4 is 14.8 Å². The summed E-state index contributed by atoms with van der Waals surface area (Å²) in [5.74, 6) is 0.754. The largest absolute Gasteiger partial charge is 0.489 e. The Hall–Kier alpha value is -4.72. The zero-order valence-corrected chi connectivity index (χ0v) is 24.6. The van der Waals surface area contributed by atoms with E-state index in [1.165, 1.54) is 12.1 Å². The van der Waals surface area contributed by atoms with Gasteiger partial charge in [-0.1, -0.05) is 6.07 Å². The first-order valence-corrected chi connectivity index (χ1v) is 16.1. The maximum absolute atomic E-state index is 14.6. The lowest BCUT2D eigenvalue weighted by Gasteiger charge is -2.23. The van der Waals surface area contributed by atoms with Crippen LogP contribution in [0, 0.1) is 5.82 Å². The number of hydrogen-bond donors (Lipinski definition) is 4. The average molecular weight is 613 g/mol. The molecule has 0 unspecified atom stereocenters. The fraction of sp³-hybridized carbons (Fsp3) is 0.226. The second-order valence-electron chi connectivity index (χ2n) is 10.9. The number of sulfonamides is 1. The molecule has 0 radical (unpaired) electrons. The standard InChI is InChI=1S/C31H29FN8O3S/c1-44(41,42)36-15-18-10-20(12-22(32)11-18)25-6-9-35-30-28(25)37-31(38-30)29-26-14-19(2-3-27(26)39-40-29)21-13-24(17-34-16-21)43-23-4-7-33-8-5-23/h2-3,6,9-14,16-17,23,33,36H,4-5,7-8,15H2,1H3,(H,39,40)(H,35,37,38). The molecule has 5 heterocycles. The molecule has 0 atom stereocenters. The van der Waals surface area contributed by atoms with Gasteiger partial charge in [-0.05, 0) is 85.1 Å². The first-order valence-electron chi connectivity index (χ1n) is 14.2. The van der Waals surface area contributed by atoms with Gasteiger partial charge in [0.25, 0.3) is 0 Å². The van der Waals surface area contributed by atoms with Crippen molar-refractivity contribution in [3.8, 4) is 39.5 Å². The van der Waals surface area contributed by atoms with E-state index in [-0.39, 0.29) is 12.6 Å². The van der Waals surface area contributed by atoms with E-state index in [9.17, 15) is 12.8 Å². The van der Waals surface area contributed by atoms with Crippen molar-refractivity contribution in [2.75, 3.05) is 19.3 Å². The minimum atomic E-state index is -3.44. The third kappa shape index (κ3) is 5.89. The molecule has 0 bridgehead atoms. The summed E-state index contributed by atoms with van der Waals surface area (Å²) in [6.07, 6.45) is 8.33. The molecule has 1 aliphatic heterocycles. The molecule has 1 fully saturated rings. The Kier molecular flexibility index (Phi) is 7.28. The number of ether oxygens (including phenoxy) is 1. The van der Waals surface area contributed by atoms with Gasteiger partial charge < -0.3 is 15.0 Å². The minimum Gasteiger partial charge on any atom is -0.489 e. The molecule has 1 aliphatic rings. The van der Waals surface area contributed by atoms with Crippen molar-refractivity contribution in [1.29, 1.82) is 0 Å². The van der Waals surface area contributed by atoms with E-state index >= 15 is 0 Å². The van der Waals surface area contributed by atoms with Crippen LogP contribution in [0.25, 0.3) is 55.8 Å².